The molecule has 0 unspecified atom stereocenters. The van der Waals surface area contributed by atoms with E-state index in [-0.39, 0.29) is 5.97 Å². The number of rotatable bonds is 3. The first-order valence-electron chi connectivity index (χ1n) is 7.12. The third-order valence-electron chi connectivity index (χ3n) is 3.54. The van der Waals surface area contributed by atoms with Gasteiger partial charge >= 0.3 is 5.97 Å². The Morgan fingerprint density at radius 2 is 1.77 bits per heavy atom. The SMILES string of the molecule is CCCC(=O)Oc1c2cccc(Cl)c2cc2cccc(Cl)c12. The number of carbonyl (C=O) groups excluding carboxylic acids is 1. The Morgan fingerprint density at radius 3 is 2.55 bits per heavy atom. The number of hydrogen-bond acceptors (Lipinski definition) is 2. The number of esters is 1. The summed E-state index contributed by atoms with van der Waals surface area (Å²) in [5.41, 5.74) is 0. The molecule has 0 fully saturated rings. The third-order valence-corrected chi connectivity index (χ3v) is 4.18. The molecule has 0 aliphatic carbocycles. The smallest absolute Gasteiger partial charge is 0.311 e. The minimum absolute atomic E-state index is 0.267. The van der Waals surface area contributed by atoms with Gasteiger partial charge in [-0.15, -0.1) is 0 Å². The Kier molecular flexibility index (Phi) is 4.23. The quantitative estimate of drug-likeness (QED) is 0.333. The van der Waals surface area contributed by atoms with Crippen molar-refractivity contribution in [3.8, 4) is 5.75 Å². The molecule has 112 valence electrons. The lowest BCUT2D eigenvalue weighted by atomic mass is 10.0. The highest BCUT2D eigenvalue weighted by atomic mass is 35.5. The Bertz CT molecular complexity index is 872. The first-order chi connectivity index (χ1) is 10.6. The fourth-order valence-electron chi connectivity index (χ4n) is 2.55. The van der Waals surface area contributed by atoms with Crippen LogP contribution in [-0.4, -0.2) is 5.97 Å². The van der Waals surface area contributed by atoms with Crippen LogP contribution < -0.4 is 4.74 Å². The van der Waals surface area contributed by atoms with E-state index in [1.807, 2.05) is 43.3 Å². The zero-order valence-electron chi connectivity index (χ0n) is 12.0. The van der Waals surface area contributed by atoms with E-state index >= 15 is 0 Å². The maximum atomic E-state index is 12.0. The number of hydrogen-bond donors (Lipinski definition) is 0. The van der Waals surface area contributed by atoms with Gasteiger partial charge in [-0.2, -0.15) is 0 Å². The minimum atomic E-state index is -0.267. The van der Waals surface area contributed by atoms with Crippen molar-refractivity contribution in [3.05, 3.63) is 52.5 Å². The Hall–Kier alpha value is -1.77. The molecule has 0 bridgehead atoms. The molecule has 0 aliphatic rings. The van der Waals surface area contributed by atoms with E-state index in [2.05, 4.69) is 0 Å². The summed E-state index contributed by atoms with van der Waals surface area (Å²) >= 11 is 12.6. The van der Waals surface area contributed by atoms with Crippen molar-refractivity contribution >= 4 is 50.7 Å². The summed E-state index contributed by atoms with van der Waals surface area (Å²) in [5, 5.41) is 4.44. The highest BCUT2D eigenvalue weighted by molar-refractivity contribution is 6.39. The van der Waals surface area contributed by atoms with Gasteiger partial charge in [0, 0.05) is 27.6 Å². The molecule has 0 saturated carbocycles. The second-order valence-corrected chi connectivity index (χ2v) is 5.92. The largest absolute Gasteiger partial charge is 0.425 e. The average molecular weight is 333 g/mol. The summed E-state index contributed by atoms with van der Waals surface area (Å²) in [4.78, 5) is 12.0. The Labute approximate surface area is 138 Å². The normalized spacial score (nSPS) is 11.0. The molecule has 3 rings (SSSR count). The van der Waals surface area contributed by atoms with Crippen LogP contribution in [0.4, 0.5) is 0 Å². The Morgan fingerprint density at radius 1 is 1.05 bits per heavy atom. The summed E-state index contributed by atoms with van der Waals surface area (Å²) in [6.07, 6.45) is 1.10. The molecule has 2 nitrogen and oxygen atoms in total. The van der Waals surface area contributed by atoms with Crippen molar-refractivity contribution in [2.75, 3.05) is 0 Å². The molecule has 3 aromatic carbocycles. The standard InChI is InChI=1S/C18H14Cl2O2/c1-2-5-16(21)22-18-12-7-4-8-14(19)13(12)10-11-6-3-9-15(20)17(11)18/h3-4,6-10H,2,5H2,1H3. The second-order valence-electron chi connectivity index (χ2n) is 5.10. The number of ether oxygens (including phenoxy) is 1. The number of carbonyl (C=O) groups is 1. The van der Waals surface area contributed by atoms with Crippen molar-refractivity contribution in [1.29, 1.82) is 0 Å². The molecular formula is C18H14Cl2O2. The summed E-state index contributed by atoms with van der Waals surface area (Å²) in [6.45, 7) is 1.94. The van der Waals surface area contributed by atoms with Crippen LogP contribution in [0.3, 0.4) is 0 Å². The summed E-state index contributed by atoms with van der Waals surface area (Å²) in [6, 6.07) is 13.1. The van der Waals surface area contributed by atoms with E-state index in [1.54, 1.807) is 6.07 Å². The maximum absolute atomic E-state index is 12.0. The lowest BCUT2D eigenvalue weighted by Crippen LogP contribution is -2.07. The van der Waals surface area contributed by atoms with Gasteiger partial charge < -0.3 is 4.74 Å². The first kappa shape index (κ1) is 15.1. The molecule has 3 aromatic rings. The zero-order valence-corrected chi connectivity index (χ0v) is 13.5. The van der Waals surface area contributed by atoms with Crippen LogP contribution in [0.5, 0.6) is 5.75 Å². The monoisotopic (exact) mass is 332 g/mol. The Balaban J connectivity index is 2.36. The van der Waals surface area contributed by atoms with E-state index in [4.69, 9.17) is 27.9 Å². The fraction of sp³-hybridized carbons (Fsp3) is 0.167. The molecule has 0 spiro atoms. The molecule has 0 amide bonds. The molecule has 0 radical (unpaired) electrons. The van der Waals surface area contributed by atoms with Crippen LogP contribution in [0.15, 0.2) is 42.5 Å². The number of benzene rings is 3. The molecule has 0 N–H and O–H groups in total. The summed E-state index contributed by atoms with van der Waals surface area (Å²) in [5.74, 6) is 0.218. The summed E-state index contributed by atoms with van der Waals surface area (Å²) < 4.78 is 5.64. The van der Waals surface area contributed by atoms with E-state index in [1.165, 1.54) is 0 Å². The minimum Gasteiger partial charge on any atom is -0.425 e. The lowest BCUT2D eigenvalue weighted by molar-refractivity contribution is -0.134. The zero-order chi connectivity index (χ0) is 15.7. The predicted octanol–water partition coefficient (Wildman–Crippen LogP) is 6.01. The molecule has 0 heterocycles. The first-order valence-corrected chi connectivity index (χ1v) is 7.87. The van der Waals surface area contributed by atoms with Crippen LogP contribution in [0.1, 0.15) is 19.8 Å². The number of fused-ring (bicyclic) bond motifs is 2. The van der Waals surface area contributed by atoms with E-state index in [9.17, 15) is 4.79 Å². The number of halogens is 2. The van der Waals surface area contributed by atoms with Crippen molar-refractivity contribution in [3.63, 3.8) is 0 Å². The molecule has 0 atom stereocenters. The van der Waals surface area contributed by atoms with Gasteiger partial charge in [0.1, 0.15) is 5.75 Å². The van der Waals surface area contributed by atoms with Gasteiger partial charge in [-0.05, 0) is 30.0 Å². The van der Waals surface area contributed by atoms with Gasteiger partial charge in [-0.3, -0.25) is 4.79 Å². The van der Waals surface area contributed by atoms with Crippen molar-refractivity contribution in [2.45, 2.75) is 19.8 Å². The van der Waals surface area contributed by atoms with Crippen LogP contribution in [-0.2, 0) is 4.79 Å². The van der Waals surface area contributed by atoms with Gasteiger partial charge in [-0.1, -0.05) is 54.4 Å². The topological polar surface area (TPSA) is 26.3 Å². The summed E-state index contributed by atoms with van der Waals surface area (Å²) in [7, 11) is 0. The average Bonchev–Trinajstić information content (AvgIpc) is 2.48. The molecule has 0 aliphatic heterocycles. The van der Waals surface area contributed by atoms with Gasteiger partial charge in [-0.25, -0.2) is 0 Å². The van der Waals surface area contributed by atoms with Crippen molar-refractivity contribution < 1.29 is 9.53 Å². The van der Waals surface area contributed by atoms with Gasteiger partial charge in [0.05, 0.1) is 5.02 Å². The lowest BCUT2D eigenvalue weighted by Gasteiger charge is -2.13. The van der Waals surface area contributed by atoms with E-state index < -0.39 is 0 Å². The fourth-order valence-corrected chi connectivity index (χ4v) is 3.04. The van der Waals surface area contributed by atoms with E-state index in [0.29, 0.717) is 22.2 Å². The van der Waals surface area contributed by atoms with Crippen LogP contribution >= 0.6 is 23.2 Å². The van der Waals surface area contributed by atoms with Crippen molar-refractivity contribution in [1.82, 2.24) is 0 Å². The molecule has 0 saturated heterocycles. The van der Waals surface area contributed by atoms with E-state index in [0.717, 1.165) is 28.0 Å². The van der Waals surface area contributed by atoms with Gasteiger partial charge in [0.15, 0.2) is 0 Å². The highest BCUT2D eigenvalue weighted by Crippen LogP contribution is 2.41. The molecular weight excluding hydrogens is 319 g/mol. The van der Waals surface area contributed by atoms with Crippen LogP contribution in [0, 0.1) is 0 Å². The molecule has 22 heavy (non-hydrogen) atoms. The van der Waals surface area contributed by atoms with Crippen LogP contribution in [0.2, 0.25) is 10.0 Å². The van der Waals surface area contributed by atoms with Gasteiger partial charge in [0.25, 0.3) is 0 Å². The third kappa shape index (κ3) is 2.65. The van der Waals surface area contributed by atoms with Crippen LogP contribution in [0.25, 0.3) is 21.5 Å². The molecule has 4 heteroatoms. The molecule has 0 aromatic heterocycles. The predicted molar refractivity (Wildman–Crippen MR) is 92.0 cm³/mol. The second kappa shape index (κ2) is 6.15. The highest BCUT2D eigenvalue weighted by Gasteiger charge is 2.16. The van der Waals surface area contributed by atoms with Crippen molar-refractivity contribution in [2.24, 2.45) is 0 Å². The maximum Gasteiger partial charge on any atom is 0.311 e. The van der Waals surface area contributed by atoms with Gasteiger partial charge in [0.2, 0.25) is 0 Å².